The first-order valence-corrected chi connectivity index (χ1v) is 9.58. The van der Waals surface area contributed by atoms with E-state index >= 15 is 0 Å². The average molecular weight is 430 g/mol. The minimum atomic E-state index is -4.72. The summed E-state index contributed by atoms with van der Waals surface area (Å²) in [5.41, 5.74) is 2.46. The molecule has 0 bridgehead atoms. The molecule has 0 radical (unpaired) electrons. The van der Waals surface area contributed by atoms with E-state index in [0.717, 1.165) is 22.5 Å². The summed E-state index contributed by atoms with van der Waals surface area (Å²) in [7, 11) is 1.84. The number of halogens is 3. The van der Waals surface area contributed by atoms with Gasteiger partial charge in [0.15, 0.2) is 5.60 Å². The molecule has 0 saturated carbocycles. The number of pyridine rings is 1. The first-order valence-electron chi connectivity index (χ1n) is 9.58. The highest BCUT2D eigenvalue weighted by Crippen LogP contribution is 2.47. The van der Waals surface area contributed by atoms with Gasteiger partial charge in [-0.2, -0.15) is 5.10 Å². The topological polar surface area (TPSA) is 70.8 Å². The van der Waals surface area contributed by atoms with Gasteiger partial charge in [0.1, 0.15) is 11.5 Å². The number of hydrogen-bond donors (Lipinski definition) is 0. The zero-order valence-electron chi connectivity index (χ0n) is 16.4. The number of ether oxygens (including phenoxy) is 2. The summed E-state index contributed by atoms with van der Waals surface area (Å²) in [4.78, 5) is 10.1. The number of alkyl halides is 3. The van der Waals surface area contributed by atoms with Crippen molar-refractivity contribution in [1.82, 2.24) is 14.8 Å². The van der Waals surface area contributed by atoms with Gasteiger partial charge in [0, 0.05) is 18.8 Å². The van der Waals surface area contributed by atoms with Crippen LogP contribution in [0.25, 0.3) is 11.4 Å². The molecule has 5 rings (SSSR count). The molecule has 0 amide bonds. The minimum Gasteiger partial charge on any atom is -0.438 e. The molecule has 0 unspecified atom stereocenters. The third kappa shape index (κ3) is 3.69. The van der Waals surface area contributed by atoms with Crippen LogP contribution in [-0.2, 0) is 23.9 Å². The highest BCUT2D eigenvalue weighted by Gasteiger charge is 2.47. The van der Waals surface area contributed by atoms with E-state index in [4.69, 9.17) is 9.57 Å². The zero-order valence-corrected chi connectivity index (χ0v) is 16.4. The molecule has 1 atom stereocenters. The predicted molar refractivity (Wildman–Crippen MR) is 103 cm³/mol. The summed E-state index contributed by atoms with van der Waals surface area (Å²) in [6.07, 6.45) is 0.101. The zero-order chi connectivity index (χ0) is 21.6. The normalized spacial score (nSPS) is 19.8. The molecule has 160 valence electrons. The van der Waals surface area contributed by atoms with Gasteiger partial charge < -0.3 is 14.3 Å². The molecule has 3 aromatic rings. The number of nitrogens with zero attached hydrogens (tertiary/aromatic N) is 4. The number of fused-ring (bicyclic) bond motifs is 2. The lowest BCUT2D eigenvalue weighted by Gasteiger charge is -2.21. The summed E-state index contributed by atoms with van der Waals surface area (Å²) >= 11 is 0. The third-order valence-electron chi connectivity index (χ3n) is 5.41. The SMILES string of the molecule is Cn1nccc1-c1ccc(OC2=NO[C@]3(CCc4cc(OC(F)(F)F)ccc43)C2)cn1. The van der Waals surface area contributed by atoms with E-state index in [2.05, 4.69) is 20.0 Å². The Labute approximate surface area is 175 Å². The van der Waals surface area contributed by atoms with Crippen molar-refractivity contribution in [2.45, 2.75) is 31.2 Å². The minimum absolute atomic E-state index is 0.238. The summed E-state index contributed by atoms with van der Waals surface area (Å²) in [6.45, 7) is 0. The van der Waals surface area contributed by atoms with Gasteiger partial charge in [-0.1, -0.05) is 11.2 Å². The number of hydrogen-bond acceptors (Lipinski definition) is 6. The summed E-state index contributed by atoms with van der Waals surface area (Å²) in [5.74, 6) is 0.661. The second-order valence-electron chi connectivity index (χ2n) is 7.44. The van der Waals surface area contributed by atoms with Crippen LogP contribution in [0.2, 0.25) is 0 Å². The molecule has 7 nitrogen and oxygen atoms in total. The van der Waals surface area contributed by atoms with E-state index in [1.54, 1.807) is 29.2 Å². The first kappa shape index (κ1) is 19.4. The number of oxime groups is 1. The van der Waals surface area contributed by atoms with E-state index in [1.807, 2.05) is 19.2 Å². The Kier molecular flexibility index (Phi) is 4.38. The fraction of sp³-hybridized carbons (Fsp3) is 0.286. The van der Waals surface area contributed by atoms with Crippen LogP contribution >= 0.6 is 0 Å². The highest BCUT2D eigenvalue weighted by atomic mass is 19.4. The van der Waals surface area contributed by atoms with Crippen molar-refractivity contribution in [1.29, 1.82) is 0 Å². The Morgan fingerprint density at radius 1 is 1.13 bits per heavy atom. The van der Waals surface area contributed by atoms with Crippen molar-refractivity contribution in [3.63, 3.8) is 0 Å². The molecule has 2 aliphatic rings. The molecule has 1 aromatic carbocycles. The molecule has 0 N–H and O–H groups in total. The van der Waals surface area contributed by atoms with Crippen LogP contribution in [0.1, 0.15) is 24.0 Å². The largest absolute Gasteiger partial charge is 0.573 e. The molecule has 2 aromatic heterocycles. The number of aromatic nitrogens is 3. The van der Waals surface area contributed by atoms with Crippen LogP contribution in [0.5, 0.6) is 11.5 Å². The number of rotatable bonds is 3. The summed E-state index contributed by atoms with van der Waals surface area (Å²) < 4.78 is 49.0. The van der Waals surface area contributed by atoms with Gasteiger partial charge in [0.25, 0.3) is 0 Å². The van der Waals surface area contributed by atoms with Crippen LogP contribution in [0.15, 0.2) is 53.9 Å². The third-order valence-corrected chi connectivity index (χ3v) is 5.41. The van der Waals surface area contributed by atoms with E-state index < -0.39 is 12.0 Å². The van der Waals surface area contributed by atoms with E-state index in [1.165, 1.54) is 12.1 Å². The predicted octanol–water partition coefficient (Wildman–Crippen LogP) is 4.34. The van der Waals surface area contributed by atoms with E-state index in [-0.39, 0.29) is 5.75 Å². The molecule has 31 heavy (non-hydrogen) atoms. The second-order valence-corrected chi connectivity index (χ2v) is 7.44. The monoisotopic (exact) mass is 430 g/mol. The number of benzene rings is 1. The Balaban J connectivity index is 1.28. The van der Waals surface area contributed by atoms with Crippen molar-refractivity contribution in [2.24, 2.45) is 12.2 Å². The van der Waals surface area contributed by atoms with Gasteiger partial charge in [-0.25, -0.2) is 0 Å². The molecule has 1 aliphatic heterocycles. The maximum atomic E-state index is 12.5. The lowest BCUT2D eigenvalue weighted by atomic mass is 9.92. The van der Waals surface area contributed by atoms with Gasteiger partial charge in [-0.05, 0) is 48.7 Å². The number of aryl methyl sites for hydroxylation is 2. The molecular weight excluding hydrogens is 413 g/mol. The molecule has 10 heteroatoms. The van der Waals surface area contributed by atoms with Gasteiger partial charge in [0.2, 0.25) is 5.90 Å². The standard InChI is InChI=1S/C21H17F3N4O3/c1-28-18(7-9-26-28)17-5-3-15(12-25-17)29-19-11-20(31-27-19)8-6-13-10-14(2-4-16(13)20)30-21(22,23)24/h2-5,7,9-10,12H,6,8,11H2,1H3/t20-/m1/s1. The molecule has 1 spiro atoms. The quantitative estimate of drug-likeness (QED) is 0.619. The van der Waals surface area contributed by atoms with E-state index in [9.17, 15) is 13.2 Å². The molecule has 0 saturated heterocycles. The van der Waals surface area contributed by atoms with E-state index in [0.29, 0.717) is 30.9 Å². The van der Waals surface area contributed by atoms with Crippen molar-refractivity contribution in [3.8, 4) is 22.9 Å². The molecular formula is C21H17F3N4O3. The second kappa shape index (κ2) is 7.00. The fourth-order valence-electron chi connectivity index (χ4n) is 4.02. The summed E-state index contributed by atoms with van der Waals surface area (Å²) in [6, 6.07) is 9.78. The molecule has 1 aliphatic carbocycles. The summed E-state index contributed by atoms with van der Waals surface area (Å²) in [5, 5.41) is 8.20. The smallest absolute Gasteiger partial charge is 0.438 e. The van der Waals surface area contributed by atoms with Crippen LogP contribution in [0, 0.1) is 0 Å². The Hall–Kier alpha value is -3.56. The Morgan fingerprint density at radius 2 is 1.97 bits per heavy atom. The van der Waals surface area contributed by atoms with Gasteiger partial charge in [0.05, 0.1) is 24.0 Å². The van der Waals surface area contributed by atoms with Gasteiger partial charge in [-0.15, -0.1) is 13.2 Å². The molecule has 3 heterocycles. The van der Waals surface area contributed by atoms with Crippen LogP contribution < -0.4 is 9.47 Å². The Morgan fingerprint density at radius 3 is 2.68 bits per heavy atom. The fourth-order valence-corrected chi connectivity index (χ4v) is 4.02. The van der Waals surface area contributed by atoms with Crippen LogP contribution in [0.4, 0.5) is 13.2 Å². The van der Waals surface area contributed by atoms with Crippen molar-refractivity contribution in [3.05, 3.63) is 59.9 Å². The maximum Gasteiger partial charge on any atom is 0.573 e. The lowest BCUT2D eigenvalue weighted by molar-refractivity contribution is -0.274. The average Bonchev–Trinajstić information content (AvgIpc) is 3.42. The van der Waals surface area contributed by atoms with Crippen molar-refractivity contribution < 1.29 is 27.5 Å². The van der Waals surface area contributed by atoms with Crippen LogP contribution in [0.3, 0.4) is 0 Å². The maximum absolute atomic E-state index is 12.5. The van der Waals surface area contributed by atoms with Gasteiger partial charge in [-0.3, -0.25) is 9.67 Å². The first-order chi connectivity index (χ1) is 14.8. The van der Waals surface area contributed by atoms with Gasteiger partial charge >= 0.3 is 6.36 Å². The van der Waals surface area contributed by atoms with Crippen molar-refractivity contribution >= 4 is 5.90 Å². The lowest BCUT2D eigenvalue weighted by Crippen LogP contribution is -2.24. The molecule has 0 fully saturated rings. The Bertz CT molecular complexity index is 1160. The highest BCUT2D eigenvalue weighted by molar-refractivity contribution is 5.81. The van der Waals surface area contributed by atoms with Crippen molar-refractivity contribution in [2.75, 3.05) is 0 Å². The van der Waals surface area contributed by atoms with Crippen LogP contribution in [-0.4, -0.2) is 27.0 Å².